The molecule has 0 unspecified atom stereocenters. The monoisotopic (exact) mass is 348 g/mol. The summed E-state index contributed by atoms with van der Waals surface area (Å²) >= 11 is 1.50. The van der Waals surface area contributed by atoms with Crippen molar-refractivity contribution in [2.75, 3.05) is 43.1 Å². The molecule has 3 amide bonds. The molecule has 0 bridgehead atoms. The fourth-order valence-electron chi connectivity index (χ4n) is 3.13. The summed E-state index contributed by atoms with van der Waals surface area (Å²) in [4.78, 5) is 26.7. The van der Waals surface area contributed by atoms with Crippen molar-refractivity contribution >= 4 is 35.1 Å². The van der Waals surface area contributed by atoms with Gasteiger partial charge >= 0.3 is 6.03 Å². The SMILES string of the molecule is CNCCC1CCN(C(=O)Nc2ccc3c(c2)SCC(=O)N3)CC1. The van der Waals surface area contributed by atoms with Gasteiger partial charge in [-0.25, -0.2) is 4.79 Å². The largest absolute Gasteiger partial charge is 0.325 e. The van der Waals surface area contributed by atoms with Crippen LogP contribution in [0, 0.1) is 5.92 Å². The van der Waals surface area contributed by atoms with Gasteiger partial charge in [-0.15, -0.1) is 11.8 Å². The summed E-state index contributed by atoms with van der Waals surface area (Å²) in [6.07, 6.45) is 3.32. The van der Waals surface area contributed by atoms with Crippen molar-refractivity contribution in [1.29, 1.82) is 0 Å². The molecule has 0 radical (unpaired) electrons. The Morgan fingerprint density at radius 3 is 2.92 bits per heavy atom. The highest BCUT2D eigenvalue weighted by atomic mass is 32.2. The van der Waals surface area contributed by atoms with Crippen molar-refractivity contribution in [3.05, 3.63) is 18.2 Å². The van der Waals surface area contributed by atoms with Gasteiger partial charge in [-0.1, -0.05) is 0 Å². The number of amides is 3. The van der Waals surface area contributed by atoms with E-state index in [9.17, 15) is 9.59 Å². The standard InChI is InChI=1S/C17H24N4O2S/c1-18-7-4-12-5-8-21(9-6-12)17(23)19-13-2-3-14-15(10-13)24-11-16(22)20-14/h2-3,10,12,18H,4-9,11H2,1H3,(H,19,23)(H,20,22). The predicted molar refractivity (Wildman–Crippen MR) is 97.7 cm³/mol. The summed E-state index contributed by atoms with van der Waals surface area (Å²) in [6, 6.07) is 5.57. The third kappa shape index (κ3) is 4.21. The van der Waals surface area contributed by atoms with E-state index in [-0.39, 0.29) is 11.9 Å². The number of hydrogen-bond donors (Lipinski definition) is 3. The summed E-state index contributed by atoms with van der Waals surface area (Å²) in [6.45, 7) is 2.67. The van der Waals surface area contributed by atoms with Crippen LogP contribution in [0.5, 0.6) is 0 Å². The maximum absolute atomic E-state index is 12.4. The van der Waals surface area contributed by atoms with E-state index in [1.165, 1.54) is 18.2 Å². The smallest absolute Gasteiger partial charge is 0.321 e. The zero-order valence-electron chi connectivity index (χ0n) is 13.9. The minimum Gasteiger partial charge on any atom is -0.325 e. The molecule has 1 aromatic carbocycles. The maximum atomic E-state index is 12.4. The number of hydrogen-bond acceptors (Lipinski definition) is 4. The molecule has 1 aromatic rings. The number of urea groups is 1. The zero-order valence-corrected chi connectivity index (χ0v) is 14.7. The minimum atomic E-state index is -0.0353. The van der Waals surface area contributed by atoms with E-state index in [1.807, 2.05) is 30.1 Å². The van der Waals surface area contributed by atoms with Gasteiger partial charge < -0.3 is 20.9 Å². The third-order valence-corrected chi connectivity index (χ3v) is 5.63. The lowest BCUT2D eigenvalue weighted by Crippen LogP contribution is -2.41. The van der Waals surface area contributed by atoms with Crippen molar-refractivity contribution < 1.29 is 9.59 Å². The van der Waals surface area contributed by atoms with Gasteiger partial charge in [0.25, 0.3) is 0 Å². The Morgan fingerprint density at radius 2 is 2.17 bits per heavy atom. The molecule has 6 nitrogen and oxygen atoms in total. The number of likely N-dealkylation sites (tertiary alicyclic amines) is 1. The van der Waals surface area contributed by atoms with Crippen LogP contribution in [0.25, 0.3) is 0 Å². The van der Waals surface area contributed by atoms with Crippen molar-refractivity contribution in [2.45, 2.75) is 24.2 Å². The highest BCUT2D eigenvalue weighted by Crippen LogP contribution is 2.33. The van der Waals surface area contributed by atoms with Crippen molar-refractivity contribution in [3.8, 4) is 0 Å². The quantitative estimate of drug-likeness (QED) is 0.782. The average Bonchev–Trinajstić information content (AvgIpc) is 2.60. The normalized spacial score (nSPS) is 18.0. The lowest BCUT2D eigenvalue weighted by molar-refractivity contribution is -0.113. The van der Waals surface area contributed by atoms with E-state index in [2.05, 4.69) is 16.0 Å². The van der Waals surface area contributed by atoms with Crippen LogP contribution in [0.3, 0.4) is 0 Å². The molecule has 0 atom stereocenters. The number of piperidine rings is 1. The average molecular weight is 348 g/mol. The number of nitrogens with one attached hydrogen (secondary N) is 3. The Labute approximate surface area is 146 Å². The van der Waals surface area contributed by atoms with Crippen molar-refractivity contribution in [3.63, 3.8) is 0 Å². The number of carbonyl (C=O) groups is 2. The third-order valence-electron chi connectivity index (χ3n) is 4.57. The van der Waals surface area contributed by atoms with Crippen LogP contribution in [0.15, 0.2) is 23.1 Å². The summed E-state index contributed by atoms with van der Waals surface area (Å²) in [5.41, 5.74) is 1.60. The first kappa shape index (κ1) is 17.1. The molecule has 3 N–H and O–H groups in total. The first-order valence-corrected chi connectivity index (χ1v) is 9.41. The maximum Gasteiger partial charge on any atom is 0.321 e. The van der Waals surface area contributed by atoms with Gasteiger partial charge in [-0.3, -0.25) is 4.79 Å². The summed E-state index contributed by atoms with van der Waals surface area (Å²) < 4.78 is 0. The second-order valence-corrected chi connectivity index (χ2v) is 7.32. The van der Waals surface area contributed by atoms with Crippen LogP contribution >= 0.6 is 11.8 Å². The summed E-state index contributed by atoms with van der Waals surface area (Å²) in [7, 11) is 1.98. The topological polar surface area (TPSA) is 73.5 Å². The molecule has 2 aliphatic rings. The summed E-state index contributed by atoms with van der Waals surface area (Å²) in [5, 5.41) is 9.01. The van der Waals surface area contributed by atoms with Crippen LogP contribution in [0.4, 0.5) is 16.2 Å². The molecule has 3 rings (SSSR count). The van der Waals surface area contributed by atoms with Gasteiger partial charge in [-0.2, -0.15) is 0 Å². The van der Waals surface area contributed by atoms with Crippen LogP contribution in [-0.2, 0) is 4.79 Å². The predicted octanol–water partition coefficient (Wildman–Crippen LogP) is 2.58. The highest BCUT2D eigenvalue weighted by Gasteiger charge is 2.23. The van der Waals surface area contributed by atoms with Crippen LogP contribution in [-0.4, -0.2) is 49.3 Å². The van der Waals surface area contributed by atoms with Crippen molar-refractivity contribution in [2.24, 2.45) is 5.92 Å². The molecule has 0 aliphatic carbocycles. The number of thioether (sulfide) groups is 1. The van der Waals surface area contributed by atoms with Gasteiger partial charge in [0.2, 0.25) is 5.91 Å². The first-order chi connectivity index (χ1) is 11.7. The Hall–Kier alpha value is -1.73. The second-order valence-electron chi connectivity index (χ2n) is 6.30. The molecule has 1 fully saturated rings. The Morgan fingerprint density at radius 1 is 1.38 bits per heavy atom. The van der Waals surface area contributed by atoms with Crippen molar-refractivity contribution in [1.82, 2.24) is 10.2 Å². The van der Waals surface area contributed by atoms with Gasteiger partial charge in [0, 0.05) is 23.7 Å². The van der Waals surface area contributed by atoms with Crippen LogP contribution < -0.4 is 16.0 Å². The molecule has 24 heavy (non-hydrogen) atoms. The number of fused-ring (bicyclic) bond motifs is 1. The molecule has 2 heterocycles. The number of rotatable bonds is 4. The van der Waals surface area contributed by atoms with E-state index >= 15 is 0 Å². The van der Waals surface area contributed by atoms with E-state index in [0.29, 0.717) is 11.7 Å². The van der Waals surface area contributed by atoms with E-state index in [4.69, 9.17) is 0 Å². The van der Waals surface area contributed by atoms with E-state index in [0.717, 1.165) is 48.7 Å². The molecule has 0 saturated carbocycles. The molecular weight excluding hydrogens is 324 g/mol. The molecule has 0 aromatic heterocycles. The summed E-state index contributed by atoms with van der Waals surface area (Å²) in [5.74, 6) is 1.15. The minimum absolute atomic E-state index is 0.0189. The lowest BCUT2D eigenvalue weighted by Gasteiger charge is -2.32. The van der Waals surface area contributed by atoms with Gasteiger partial charge in [-0.05, 0) is 57.0 Å². The molecule has 130 valence electrons. The fourth-order valence-corrected chi connectivity index (χ4v) is 3.97. The Balaban J connectivity index is 1.53. The highest BCUT2D eigenvalue weighted by molar-refractivity contribution is 8.00. The molecule has 7 heteroatoms. The zero-order chi connectivity index (χ0) is 16.9. The Kier molecular flexibility index (Phi) is 5.63. The molecule has 2 aliphatic heterocycles. The number of nitrogens with zero attached hydrogens (tertiary/aromatic N) is 1. The van der Waals surface area contributed by atoms with Crippen LogP contribution in [0.1, 0.15) is 19.3 Å². The molecule has 0 spiro atoms. The lowest BCUT2D eigenvalue weighted by atomic mass is 9.94. The number of benzene rings is 1. The van der Waals surface area contributed by atoms with Gasteiger partial charge in [0.15, 0.2) is 0 Å². The Bertz CT molecular complexity index is 615. The van der Waals surface area contributed by atoms with Gasteiger partial charge in [0.1, 0.15) is 0 Å². The van der Waals surface area contributed by atoms with E-state index in [1.54, 1.807) is 0 Å². The fraction of sp³-hybridized carbons (Fsp3) is 0.529. The van der Waals surface area contributed by atoms with E-state index < -0.39 is 0 Å². The molecular formula is C17H24N4O2S. The number of carbonyl (C=O) groups excluding carboxylic acids is 2. The second kappa shape index (κ2) is 7.90. The van der Waals surface area contributed by atoms with Crippen LogP contribution in [0.2, 0.25) is 0 Å². The van der Waals surface area contributed by atoms with Gasteiger partial charge in [0.05, 0.1) is 11.4 Å². The number of anilines is 2. The molecule has 1 saturated heterocycles. The first-order valence-electron chi connectivity index (χ1n) is 8.43.